The normalized spacial score (nSPS) is 10.7. The number of carbonyl (C=O) groups is 1. The zero-order valence-electron chi connectivity index (χ0n) is 13.0. The maximum Gasteiger partial charge on any atom is 0.225 e. The Bertz CT molecular complexity index is 807. The molecule has 0 aliphatic heterocycles. The molecule has 0 aliphatic rings. The van der Waals surface area contributed by atoms with E-state index in [0.29, 0.717) is 24.4 Å². The molecule has 0 aromatic carbocycles. The Hall–Kier alpha value is -2.96. The highest BCUT2D eigenvalue weighted by atomic mass is 16.3. The Morgan fingerprint density at radius 3 is 2.74 bits per heavy atom. The van der Waals surface area contributed by atoms with Crippen molar-refractivity contribution in [3.05, 3.63) is 47.7 Å². The molecule has 1 amide bonds. The van der Waals surface area contributed by atoms with Crippen molar-refractivity contribution in [2.45, 2.75) is 26.7 Å². The maximum absolute atomic E-state index is 12.1. The number of furan rings is 1. The molecule has 0 unspecified atom stereocenters. The van der Waals surface area contributed by atoms with E-state index in [4.69, 9.17) is 4.42 Å². The standard InChI is InChI=1S/C16H17N5O2/c1-10-3-5-13(23-10)15-11(2)16(21-20-15)19-14(22)6-4-12-7-17-9-18-8-12/h3,5,7-9H,4,6H2,1-2H3,(H2,19,20,21,22). The Balaban J connectivity index is 1.64. The first-order valence-electron chi connectivity index (χ1n) is 7.29. The second-order valence-electron chi connectivity index (χ2n) is 5.28. The van der Waals surface area contributed by atoms with Crippen LogP contribution in [0.4, 0.5) is 5.82 Å². The number of aromatic amines is 1. The third-order valence-electron chi connectivity index (χ3n) is 3.51. The number of aryl methyl sites for hydroxylation is 2. The highest BCUT2D eigenvalue weighted by Crippen LogP contribution is 2.27. The highest BCUT2D eigenvalue weighted by molar-refractivity contribution is 5.91. The van der Waals surface area contributed by atoms with Gasteiger partial charge in [-0.1, -0.05) is 0 Å². The molecule has 0 atom stereocenters. The summed E-state index contributed by atoms with van der Waals surface area (Å²) in [5, 5.41) is 9.87. The second kappa shape index (κ2) is 6.43. The molecule has 3 aromatic heterocycles. The van der Waals surface area contributed by atoms with Crippen LogP contribution in [0.3, 0.4) is 0 Å². The maximum atomic E-state index is 12.1. The van der Waals surface area contributed by atoms with E-state index in [0.717, 1.165) is 22.6 Å². The van der Waals surface area contributed by atoms with Crippen LogP contribution >= 0.6 is 0 Å². The van der Waals surface area contributed by atoms with E-state index >= 15 is 0 Å². The summed E-state index contributed by atoms with van der Waals surface area (Å²) in [6, 6.07) is 3.76. The molecule has 118 valence electrons. The molecule has 3 aromatic rings. The van der Waals surface area contributed by atoms with Gasteiger partial charge in [-0.3, -0.25) is 9.89 Å². The number of carbonyl (C=O) groups excluding carboxylic acids is 1. The fourth-order valence-corrected chi connectivity index (χ4v) is 2.24. The second-order valence-corrected chi connectivity index (χ2v) is 5.28. The van der Waals surface area contributed by atoms with E-state index in [1.165, 1.54) is 6.33 Å². The molecule has 0 radical (unpaired) electrons. The van der Waals surface area contributed by atoms with E-state index in [2.05, 4.69) is 25.5 Å². The van der Waals surface area contributed by atoms with Gasteiger partial charge in [0.05, 0.1) is 0 Å². The van der Waals surface area contributed by atoms with Crippen molar-refractivity contribution in [2.24, 2.45) is 0 Å². The van der Waals surface area contributed by atoms with Gasteiger partial charge in [-0.25, -0.2) is 9.97 Å². The largest absolute Gasteiger partial charge is 0.460 e. The Labute approximate surface area is 133 Å². The van der Waals surface area contributed by atoms with Crippen molar-refractivity contribution in [3.63, 3.8) is 0 Å². The van der Waals surface area contributed by atoms with Crippen LogP contribution in [0.25, 0.3) is 11.5 Å². The van der Waals surface area contributed by atoms with Crippen LogP contribution in [0.1, 0.15) is 23.3 Å². The summed E-state index contributed by atoms with van der Waals surface area (Å²) in [4.78, 5) is 19.9. The fourth-order valence-electron chi connectivity index (χ4n) is 2.24. The van der Waals surface area contributed by atoms with Crippen LogP contribution in [0, 0.1) is 13.8 Å². The molecule has 0 saturated heterocycles. The molecule has 7 heteroatoms. The lowest BCUT2D eigenvalue weighted by molar-refractivity contribution is -0.116. The SMILES string of the molecule is Cc1ccc(-c2[nH]nc(NC(=O)CCc3cncnc3)c2C)o1. The van der Waals surface area contributed by atoms with Crippen molar-refractivity contribution in [3.8, 4) is 11.5 Å². The fraction of sp³-hybridized carbons (Fsp3) is 0.250. The molecule has 0 aliphatic carbocycles. The van der Waals surface area contributed by atoms with E-state index in [-0.39, 0.29) is 5.91 Å². The van der Waals surface area contributed by atoms with E-state index in [1.807, 2.05) is 26.0 Å². The van der Waals surface area contributed by atoms with Crippen molar-refractivity contribution >= 4 is 11.7 Å². The van der Waals surface area contributed by atoms with E-state index in [1.54, 1.807) is 12.4 Å². The van der Waals surface area contributed by atoms with Crippen LogP contribution in [-0.2, 0) is 11.2 Å². The molecule has 7 nitrogen and oxygen atoms in total. The summed E-state index contributed by atoms with van der Waals surface area (Å²) in [6.07, 6.45) is 5.80. The van der Waals surface area contributed by atoms with E-state index < -0.39 is 0 Å². The number of H-pyrrole nitrogens is 1. The Kier molecular flexibility index (Phi) is 4.18. The van der Waals surface area contributed by atoms with Crippen LogP contribution in [0.5, 0.6) is 0 Å². The van der Waals surface area contributed by atoms with Crippen molar-refractivity contribution < 1.29 is 9.21 Å². The average Bonchev–Trinajstić information content (AvgIpc) is 3.13. The summed E-state index contributed by atoms with van der Waals surface area (Å²) >= 11 is 0. The Morgan fingerprint density at radius 2 is 2.04 bits per heavy atom. The lowest BCUT2D eigenvalue weighted by Gasteiger charge is -2.03. The molecule has 3 heterocycles. The summed E-state index contributed by atoms with van der Waals surface area (Å²) < 4.78 is 5.58. The summed E-state index contributed by atoms with van der Waals surface area (Å²) in [6.45, 7) is 3.77. The van der Waals surface area contributed by atoms with Crippen LogP contribution in [-0.4, -0.2) is 26.1 Å². The number of aromatic nitrogens is 4. The quantitative estimate of drug-likeness (QED) is 0.755. The summed E-state index contributed by atoms with van der Waals surface area (Å²) in [7, 11) is 0. The van der Waals surface area contributed by atoms with Gasteiger partial charge in [0, 0.05) is 24.4 Å². The zero-order valence-corrected chi connectivity index (χ0v) is 13.0. The molecule has 0 bridgehead atoms. The van der Waals surface area contributed by atoms with Gasteiger partial charge in [0.2, 0.25) is 5.91 Å². The number of rotatable bonds is 5. The van der Waals surface area contributed by atoms with Crippen LogP contribution in [0.2, 0.25) is 0 Å². The van der Waals surface area contributed by atoms with Gasteiger partial charge in [0.15, 0.2) is 11.6 Å². The lowest BCUT2D eigenvalue weighted by Crippen LogP contribution is -2.13. The highest BCUT2D eigenvalue weighted by Gasteiger charge is 2.15. The number of hydrogen-bond donors (Lipinski definition) is 2. The summed E-state index contributed by atoms with van der Waals surface area (Å²) in [5.41, 5.74) is 2.54. The number of nitrogens with zero attached hydrogens (tertiary/aromatic N) is 3. The number of amides is 1. The van der Waals surface area contributed by atoms with Gasteiger partial charge in [0.25, 0.3) is 0 Å². The van der Waals surface area contributed by atoms with Crippen molar-refractivity contribution in [1.29, 1.82) is 0 Å². The van der Waals surface area contributed by atoms with Crippen LogP contribution < -0.4 is 5.32 Å². The molecule has 0 saturated carbocycles. The molecule has 0 spiro atoms. The van der Waals surface area contributed by atoms with Gasteiger partial charge < -0.3 is 9.73 Å². The third kappa shape index (κ3) is 3.45. The first-order valence-corrected chi connectivity index (χ1v) is 7.29. The van der Waals surface area contributed by atoms with Gasteiger partial charge in [-0.15, -0.1) is 0 Å². The minimum atomic E-state index is -0.106. The third-order valence-corrected chi connectivity index (χ3v) is 3.51. The molecule has 0 fully saturated rings. The molecule has 23 heavy (non-hydrogen) atoms. The zero-order chi connectivity index (χ0) is 16.2. The summed E-state index contributed by atoms with van der Waals surface area (Å²) in [5.74, 6) is 1.94. The first kappa shape index (κ1) is 15.0. The number of anilines is 1. The molecular weight excluding hydrogens is 294 g/mol. The monoisotopic (exact) mass is 311 g/mol. The molecule has 2 N–H and O–H groups in total. The van der Waals surface area contributed by atoms with Crippen molar-refractivity contribution in [2.75, 3.05) is 5.32 Å². The number of hydrogen-bond acceptors (Lipinski definition) is 5. The predicted molar refractivity (Wildman–Crippen MR) is 84.7 cm³/mol. The molecule has 3 rings (SSSR count). The average molecular weight is 311 g/mol. The molecular formula is C16H17N5O2. The number of nitrogens with one attached hydrogen (secondary N) is 2. The van der Waals surface area contributed by atoms with Gasteiger partial charge in [-0.2, -0.15) is 5.10 Å². The minimum absolute atomic E-state index is 0.106. The predicted octanol–water partition coefficient (Wildman–Crippen LogP) is 2.65. The van der Waals surface area contributed by atoms with E-state index in [9.17, 15) is 4.79 Å². The van der Waals surface area contributed by atoms with Crippen LogP contribution in [0.15, 0.2) is 35.3 Å². The lowest BCUT2D eigenvalue weighted by atomic mass is 10.2. The Morgan fingerprint density at radius 1 is 1.26 bits per heavy atom. The van der Waals surface area contributed by atoms with Gasteiger partial charge in [-0.05, 0) is 38.0 Å². The van der Waals surface area contributed by atoms with Gasteiger partial charge >= 0.3 is 0 Å². The van der Waals surface area contributed by atoms with Crippen molar-refractivity contribution in [1.82, 2.24) is 20.2 Å². The van der Waals surface area contributed by atoms with Gasteiger partial charge in [0.1, 0.15) is 17.8 Å². The topological polar surface area (TPSA) is 96.7 Å². The first-order chi connectivity index (χ1) is 11.1. The minimum Gasteiger partial charge on any atom is -0.460 e. The smallest absolute Gasteiger partial charge is 0.225 e.